The summed E-state index contributed by atoms with van der Waals surface area (Å²) in [7, 11) is 0. The maximum Gasteiger partial charge on any atom is 0.253 e. The number of imide groups is 1. The summed E-state index contributed by atoms with van der Waals surface area (Å²) in [5.41, 5.74) is 0. The van der Waals surface area contributed by atoms with Crippen molar-refractivity contribution in [2.75, 3.05) is 0 Å². The quantitative estimate of drug-likeness (QED) is 0.416. The molecule has 12 heavy (non-hydrogen) atoms. The second-order valence-corrected chi connectivity index (χ2v) is 3.05. The molecule has 2 rings (SSSR count). The van der Waals surface area contributed by atoms with Gasteiger partial charge in [0.1, 0.15) is 0 Å². The summed E-state index contributed by atoms with van der Waals surface area (Å²) in [6.07, 6.45) is 5.55. The molecule has 1 saturated heterocycles. The fourth-order valence-electron chi connectivity index (χ4n) is 1.72. The van der Waals surface area contributed by atoms with E-state index >= 15 is 0 Å². The van der Waals surface area contributed by atoms with E-state index in [-0.39, 0.29) is 23.8 Å². The van der Waals surface area contributed by atoms with Crippen LogP contribution in [0, 0.1) is 5.92 Å². The first-order valence-electron chi connectivity index (χ1n) is 3.92. The fraction of sp³-hybridized carbons (Fsp3) is 0.333. The van der Waals surface area contributed by atoms with E-state index in [1.165, 1.54) is 11.0 Å². The van der Waals surface area contributed by atoms with Crippen LogP contribution in [0.4, 0.5) is 0 Å². The molecule has 0 N–H and O–H groups in total. The van der Waals surface area contributed by atoms with Gasteiger partial charge in [-0.15, -0.1) is 6.58 Å². The SMILES string of the molecule is C=C[C@H]1C[C@H]2C=CC(=O)N2C1=O. The zero-order valence-electron chi connectivity index (χ0n) is 6.56. The van der Waals surface area contributed by atoms with Crippen molar-refractivity contribution in [3.8, 4) is 0 Å². The van der Waals surface area contributed by atoms with Gasteiger partial charge >= 0.3 is 0 Å². The van der Waals surface area contributed by atoms with Gasteiger partial charge in [0.05, 0.1) is 12.0 Å². The Balaban J connectivity index is 2.30. The average Bonchev–Trinajstić information content (AvgIpc) is 2.55. The van der Waals surface area contributed by atoms with Crippen molar-refractivity contribution < 1.29 is 9.59 Å². The van der Waals surface area contributed by atoms with Crippen molar-refractivity contribution in [3.05, 3.63) is 24.8 Å². The average molecular weight is 163 g/mol. The van der Waals surface area contributed by atoms with Crippen molar-refractivity contribution in [1.29, 1.82) is 0 Å². The number of carbonyl (C=O) groups excluding carboxylic acids is 2. The van der Waals surface area contributed by atoms with Crippen LogP contribution in [0.2, 0.25) is 0 Å². The Morgan fingerprint density at radius 2 is 2.33 bits per heavy atom. The Bertz CT molecular complexity index is 293. The van der Waals surface area contributed by atoms with E-state index in [2.05, 4.69) is 6.58 Å². The number of hydrogen-bond acceptors (Lipinski definition) is 2. The van der Waals surface area contributed by atoms with Crippen LogP contribution in [0.5, 0.6) is 0 Å². The molecule has 0 saturated carbocycles. The molecule has 2 aliphatic heterocycles. The van der Waals surface area contributed by atoms with Gasteiger partial charge < -0.3 is 0 Å². The Morgan fingerprint density at radius 3 is 2.92 bits per heavy atom. The summed E-state index contributed by atoms with van der Waals surface area (Å²) in [5, 5.41) is 0. The highest BCUT2D eigenvalue weighted by Crippen LogP contribution is 2.29. The van der Waals surface area contributed by atoms with Crippen molar-refractivity contribution in [2.24, 2.45) is 5.92 Å². The van der Waals surface area contributed by atoms with E-state index in [1.807, 2.05) is 0 Å². The molecular formula is C9H9NO2. The van der Waals surface area contributed by atoms with E-state index in [0.29, 0.717) is 6.42 Å². The number of carbonyl (C=O) groups is 2. The third-order valence-corrected chi connectivity index (χ3v) is 2.36. The fourth-order valence-corrected chi connectivity index (χ4v) is 1.72. The Labute approximate surface area is 70.4 Å². The lowest BCUT2D eigenvalue weighted by Gasteiger charge is -2.11. The molecule has 0 radical (unpaired) electrons. The van der Waals surface area contributed by atoms with Crippen molar-refractivity contribution in [3.63, 3.8) is 0 Å². The molecule has 0 spiro atoms. The molecular weight excluding hydrogens is 154 g/mol. The number of nitrogens with zero attached hydrogens (tertiary/aromatic N) is 1. The Morgan fingerprint density at radius 1 is 1.58 bits per heavy atom. The summed E-state index contributed by atoms with van der Waals surface area (Å²) >= 11 is 0. The van der Waals surface area contributed by atoms with E-state index in [1.54, 1.807) is 12.2 Å². The lowest BCUT2D eigenvalue weighted by molar-refractivity contribution is -0.140. The molecule has 0 unspecified atom stereocenters. The second kappa shape index (κ2) is 2.30. The summed E-state index contributed by atoms with van der Waals surface area (Å²) in [5.74, 6) is -0.455. The number of fused-ring (bicyclic) bond motifs is 1. The first-order chi connectivity index (χ1) is 5.74. The van der Waals surface area contributed by atoms with Crippen LogP contribution < -0.4 is 0 Å². The third kappa shape index (κ3) is 0.763. The molecule has 2 aliphatic rings. The summed E-state index contributed by atoms with van der Waals surface area (Å²) in [6, 6.07) is -0.00648. The van der Waals surface area contributed by atoms with Crippen LogP contribution in [0.25, 0.3) is 0 Å². The normalized spacial score (nSPS) is 32.8. The number of amides is 2. The zero-order valence-corrected chi connectivity index (χ0v) is 6.56. The van der Waals surface area contributed by atoms with Gasteiger partial charge in [0.2, 0.25) is 5.91 Å². The van der Waals surface area contributed by atoms with Crippen molar-refractivity contribution in [2.45, 2.75) is 12.5 Å². The summed E-state index contributed by atoms with van der Waals surface area (Å²) in [4.78, 5) is 23.8. The predicted octanol–water partition coefficient (Wildman–Crippen LogP) is 0.486. The van der Waals surface area contributed by atoms with Crippen molar-refractivity contribution >= 4 is 11.8 Å². The highest BCUT2D eigenvalue weighted by atomic mass is 16.2. The molecule has 0 aromatic carbocycles. The minimum Gasteiger partial charge on any atom is -0.274 e. The number of hydrogen-bond donors (Lipinski definition) is 0. The van der Waals surface area contributed by atoms with Crippen LogP contribution >= 0.6 is 0 Å². The van der Waals surface area contributed by atoms with E-state index < -0.39 is 0 Å². The van der Waals surface area contributed by atoms with Crippen LogP contribution in [0.1, 0.15) is 6.42 Å². The highest BCUT2D eigenvalue weighted by Gasteiger charge is 2.42. The van der Waals surface area contributed by atoms with Gasteiger partial charge in [0.25, 0.3) is 5.91 Å². The molecule has 2 atom stereocenters. The zero-order chi connectivity index (χ0) is 8.72. The van der Waals surface area contributed by atoms with Crippen LogP contribution in [-0.2, 0) is 9.59 Å². The standard InChI is InChI=1S/C9H9NO2/c1-2-6-5-7-3-4-8(11)10(7)9(6)12/h2-4,6-7H,1,5H2/t6-,7+/m0/s1. The van der Waals surface area contributed by atoms with Crippen LogP contribution in [0.3, 0.4) is 0 Å². The van der Waals surface area contributed by atoms with Gasteiger partial charge in [-0.25, -0.2) is 0 Å². The van der Waals surface area contributed by atoms with Crippen LogP contribution in [-0.4, -0.2) is 22.8 Å². The molecule has 1 fully saturated rings. The highest BCUT2D eigenvalue weighted by molar-refractivity contribution is 6.06. The molecule has 3 heteroatoms. The first-order valence-corrected chi connectivity index (χ1v) is 3.92. The van der Waals surface area contributed by atoms with Gasteiger partial charge in [-0.05, 0) is 6.42 Å². The van der Waals surface area contributed by atoms with Gasteiger partial charge in [-0.3, -0.25) is 14.5 Å². The van der Waals surface area contributed by atoms with E-state index in [9.17, 15) is 9.59 Å². The first kappa shape index (κ1) is 7.28. The maximum absolute atomic E-state index is 11.4. The van der Waals surface area contributed by atoms with E-state index in [0.717, 1.165) is 0 Å². The largest absolute Gasteiger partial charge is 0.274 e. The lowest BCUT2D eigenvalue weighted by atomic mass is 10.1. The lowest BCUT2D eigenvalue weighted by Crippen LogP contribution is -2.33. The minimum atomic E-state index is -0.186. The monoisotopic (exact) mass is 163 g/mol. The molecule has 2 heterocycles. The maximum atomic E-state index is 11.4. The van der Waals surface area contributed by atoms with Gasteiger partial charge in [0, 0.05) is 6.08 Å². The predicted molar refractivity (Wildman–Crippen MR) is 43.1 cm³/mol. The molecule has 3 nitrogen and oxygen atoms in total. The molecule has 0 aromatic rings. The minimum absolute atomic E-state index is 0.00648. The van der Waals surface area contributed by atoms with Crippen molar-refractivity contribution in [1.82, 2.24) is 4.90 Å². The van der Waals surface area contributed by atoms with E-state index in [4.69, 9.17) is 0 Å². The second-order valence-electron chi connectivity index (χ2n) is 3.05. The molecule has 2 amide bonds. The topological polar surface area (TPSA) is 37.4 Å². The Kier molecular flexibility index (Phi) is 1.40. The molecule has 0 aliphatic carbocycles. The summed E-state index contributed by atoms with van der Waals surface area (Å²) < 4.78 is 0. The summed E-state index contributed by atoms with van der Waals surface area (Å²) in [6.45, 7) is 3.56. The smallest absolute Gasteiger partial charge is 0.253 e. The molecule has 62 valence electrons. The molecule has 0 bridgehead atoms. The van der Waals surface area contributed by atoms with Crippen LogP contribution in [0.15, 0.2) is 24.8 Å². The van der Waals surface area contributed by atoms with Gasteiger partial charge in [-0.2, -0.15) is 0 Å². The van der Waals surface area contributed by atoms with Gasteiger partial charge in [-0.1, -0.05) is 12.2 Å². The third-order valence-electron chi connectivity index (χ3n) is 2.36. The Hall–Kier alpha value is -1.38. The van der Waals surface area contributed by atoms with Gasteiger partial charge in [0.15, 0.2) is 0 Å². The number of rotatable bonds is 1. The molecule has 0 aromatic heterocycles.